The molecular formula is C29H25FN2O2. The molecule has 3 aromatic carbocycles. The van der Waals surface area contributed by atoms with Crippen LogP contribution in [0, 0.1) is 5.82 Å². The van der Waals surface area contributed by atoms with Gasteiger partial charge in [0.05, 0.1) is 12.8 Å². The lowest BCUT2D eigenvalue weighted by Crippen LogP contribution is -2.25. The van der Waals surface area contributed by atoms with Gasteiger partial charge in [-0.05, 0) is 41.0 Å². The Labute approximate surface area is 197 Å². The highest BCUT2D eigenvalue weighted by atomic mass is 19.1. The fourth-order valence-electron chi connectivity index (χ4n) is 4.47. The van der Waals surface area contributed by atoms with Crippen molar-refractivity contribution >= 4 is 16.8 Å². The molecule has 2 aromatic heterocycles. The molecule has 1 N–H and O–H groups in total. The lowest BCUT2D eigenvalue weighted by atomic mass is 9.87. The molecule has 0 saturated heterocycles. The molecule has 5 rings (SSSR count). The first-order valence-electron chi connectivity index (χ1n) is 11.3. The normalized spacial score (nSPS) is 12.0. The summed E-state index contributed by atoms with van der Waals surface area (Å²) < 4.78 is 22.5. The Morgan fingerprint density at radius 3 is 2.44 bits per heavy atom. The minimum Gasteiger partial charge on any atom is -0.467 e. The van der Waals surface area contributed by atoms with Gasteiger partial charge in [-0.2, -0.15) is 0 Å². The summed E-state index contributed by atoms with van der Waals surface area (Å²) in [6.45, 7) is 0.988. The zero-order valence-corrected chi connectivity index (χ0v) is 18.7. The van der Waals surface area contributed by atoms with Gasteiger partial charge >= 0.3 is 0 Å². The minimum absolute atomic E-state index is 0.126. The SMILES string of the molecule is O=C(CC(c1ccccc1F)c1cn(Cc2ccccc2)c2ccccc12)NCc1ccco1. The fourth-order valence-corrected chi connectivity index (χ4v) is 4.47. The number of benzene rings is 3. The largest absolute Gasteiger partial charge is 0.467 e. The van der Waals surface area contributed by atoms with Crippen molar-refractivity contribution in [2.75, 3.05) is 0 Å². The van der Waals surface area contributed by atoms with Gasteiger partial charge in [-0.1, -0.05) is 66.7 Å². The summed E-state index contributed by atoms with van der Waals surface area (Å²) in [4.78, 5) is 13.0. The standard InChI is InChI=1S/C29H25FN2O2/c30-27-14-6-4-12-23(27)25(17-29(33)31-18-22-11-8-16-34-22)26-20-32(19-21-9-2-1-3-10-21)28-15-7-5-13-24(26)28/h1-16,20,25H,17-19H2,(H,31,33). The molecule has 5 aromatic rings. The van der Waals surface area contributed by atoms with Crippen LogP contribution in [-0.2, 0) is 17.9 Å². The Morgan fingerprint density at radius 1 is 0.882 bits per heavy atom. The minimum atomic E-state index is -0.431. The Bertz CT molecular complexity index is 1390. The number of aromatic nitrogens is 1. The highest BCUT2D eigenvalue weighted by Crippen LogP contribution is 2.36. The number of para-hydroxylation sites is 1. The zero-order valence-electron chi connectivity index (χ0n) is 18.7. The van der Waals surface area contributed by atoms with E-state index in [1.165, 1.54) is 11.6 Å². The Kier molecular flexibility index (Phi) is 6.25. The first-order valence-corrected chi connectivity index (χ1v) is 11.3. The van der Waals surface area contributed by atoms with Gasteiger partial charge in [-0.3, -0.25) is 4.79 Å². The number of nitrogens with zero attached hydrogens (tertiary/aromatic N) is 1. The maximum atomic E-state index is 15.0. The van der Waals surface area contributed by atoms with Crippen LogP contribution >= 0.6 is 0 Å². The van der Waals surface area contributed by atoms with E-state index in [0.717, 1.165) is 16.5 Å². The average molecular weight is 453 g/mol. The van der Waals surface area contributed by atoms with E-state index >= 15 is 0 Å². The van der Waals surface area contributed by atoms with Gasteiger partial charge in [0.2, 0.25) is 5.91 Å². The summed E-state index contributed by atoms with van der Waals surface area (Å²) in [5.74, 6) is -0.231. The highest BCUT2D eigenvalue weighted by molar-refractivity contribution is 5.86. The second-order valence-electron chi connectivity index (χ2n) is 8.35. The van der Waals surface area contributed by atoms with E-state index in [-0.39, 0.29) is 18.1 Å². The van der Waals surface area contributed by atoms with Gasteiger partial charge in [0.1, 0.15) is 11.6 Å². The van der Waals surface area contributed by atoms with E-state index in [9.17, 15) is 9.18 Å². The van der Waals surface area contributed by atoms with E-state index < -0.39 is 5.92 Å². The predicted molar refractivity (Wildman–Crippen MR) is 131 cm³/mol. The monoisotopic (exact) mass is 452 g/mol. The van der Waals surface area contributed by atoms with Gasteiger partial charge in [0.15, 0.2) is 0 Å². The number of amides is 1. The van der Waals surface area contributed by atoms with E-state index in [1.807, 2.05) is 48.5 Å². The summed E-state index contributed by atoms with van der Waals surface area (Å²) in [6, 6.07) is 28.6. The molecule has 2 heterocycles. The molecule has 0 aliphatic heterocycles. The number of halogens is 1. The Morgan fingerprint density at radius 2 is 1.65 bits per heavy atom. The summed E-state index contributed by atoms with van der Waals surface area (Å²) in [6.07, 6.45) is 3.76. The van der Waals surface area contributed by atoms with Gasteiger partial charge in [-0.15, -0.1) is 0 Å². The number of hydrogen-bond donors (Lipinski definition) is 1. The number of furan rings is 1. The second kappa shape index (κ2) is 9.79. The number of hydrogen-bond acceptors (Lipinski definition) is 2. The highest BCUT2D eigenvalue weighted by Gasteiger charge is 2.25. The molecule has 1 atom stereocenters. The van der Waals surface area contributed by atoms with Gasteiger partial charge in [0, 0.05) is 36.0 Å². The Hall–Kier alpha value is -4.12. The number of nitrogens with one attached hydrogen (secondary N) is 1. The van der Waals surface area contributed by atoms with E-state index in [2.05, 4.69) is 34.3 Å². The first-order chi connectivity index (χ1) is 16.7. The predicted octanol–water partition coefficient (Wildman–Crippen LogP) is 6.26. The van der Waals surface area contributed by atoms with Crippen molar-refractivity contribution in [2.24, 2.45) is 0 Å². The van der Waals surface area contributed by atoms with Crippen molar-refractivity contribution < 1.29 is 13.6 Å². The molecule has 1 amide bonds. The molecule has 170 valence electrons. The van der Waals surface area contributed by atoms with Crippen LogP contribution in [0.3, 0.4) is 0 Å². The van der Waals surface area contributed by atoms with Crippen LogP contribution in [0.25, 0.3) is 10.9 Å². The number of rotatable bonds is 8. The van der Waals surface area contributed by atoms with Crippen LogP contribution in [0.4, 0.5) is 4.39 Å². The summed E-state index contributed by atoms with van der Waals surface area (Å²) in [5.41, 5.74) is 3.68. The van der Waals surface area contributed by atoms with E-state index in [4.69, 9.17) is 4.42 Å². The summed E-state index contributed by atoms with van der Waals surface area (Å²) >= 11 is 0. The number of fused-ring (bicyclic) bond motifs is 1. The van der Waals surface area contributed by atoms with Crippen molar-refractivity contribution in [1.29, 1.82) is 0 Å². The van der Waals surface area contributed by atoms with Crippen molar-refractivity contribution in [3.63, 3.8) is 0 Å². The smallest absolute Gasteiger partial charge is 0.221 e. The molecule has 0 aliphatic carbocycles. The average Bonchev–Trinajstić information content (AvgIpc) is 3.51. The zero-order chi connectivity index (χ0) is 23.3. The lowest BCUT2D eigenvalue weighted by molar-refractivity contribution is -0.121. The van der Waals surface area contributed by atoms with Crippen LogP contribution in [0.2, 0.25) is 0 Å². The third-order valence-electron chi connectivity index (χ3n) is 6.10. The van der Waals surface area contributed by atoms with Crippen LogP contribution < -0.4 is 5.32 Å². The second-order valence-corrected chi connectivity index (χ2v) is 8.35. The maximum Gasteiger partial charge on any atom is 0.221 e. The van der Waals surface area contributed by atoms with Crippen LogP contribution in [0.1, 0.15) is 34.8 Å². The molecule has 0 bridgehead atoms. The molecule has 4 nitrogen and oxygen atoms in total. The number of carbonyl (C=O) groups excluding carboxylic acids is 1. The third-order valence-corrected chi connectivity index (χ3v) is 6.10. The summed E-state index contributed by atoms with van der Waals surface area (Å²) in [7, 11) is 0. The molecule has 1 unspecified atom stereocenters. The van der Waals surface area contributed by atoms with Crippen molar-refractivity contribution in [3.05, 3.63) is 132 Å². The lowest BCUT2D eigenvalue weighted by Gasteiger charge is -2.18. The van der Waals surface area contributed by atoms with Crippen molar-refractivity contribution in [2.45, 2.75) is 25.4 Å². The van der Waals surface area contributed by atoms with Crippen molar-refractivity contribution in [3.8, 4) is 0 Å². The molecule has 0 spiro atoms. The van der Waals surface area contributed by atoms with Crippen molar-refractivity contribution in [1.82, 2.24) is 9.88 Å². The van der Waals surface area contributed by atoms with Gasteiger partial charge in [-0.25, -0.2) is 4.39 Å². The van der Waals surface area contributed by atoms with E-state index in [1.54, 1.807) is 24.5 Å². The summed E-state index contributed by atoms with van der Waals surface area (Å²) in [5, 5.41) is 3.93. The molecular weight excluding hydrogens is 427 g/mol. The molecule has 5 heteroatoms. The number of carbonyl (C=O) groups is 1. The van der Waals surface area contributed by atoms with Crippen LogP contribution in [0.5, 0.6) is 0 Å². The third kappa shape index (κ3) is 4.64. The topological polar surface area (TPSA) is 47.2 Å². The molecule has 0 saturated carbocycles. The molecule has 0 radical (unpaired) electrons. The molecule has 0 aliphatic rings. The van der Waals surface area contributed by atoms with Crippen LogP contribution in [0.15, 0.2) is 108 Å². The fraction of sp³-hybridized carbons (Fsp3) is 0.138. The van der Waals surface area contributed by atoms with Gasteiger partial charge < -0.3 is 14.3 Å². The van der Waals surface area contributed by atoms with Crippen LogP contribution in [-0.4, -0.2) is 10.5 Å². The van der Waals surface area contributed by atoms with Gasteiger partial charge in [0.25, 0.3) is 0 Å². The quantitative estimate of drug-likeness (QED) is 0.302. The first kappa shape index (κ1) is 21.7. The maximum absolute atomic E-state index is 15.0. The molecule has 34 heavy (non-hydrogen) atoms. The Balaban J connectivity index is 1.52. The molecule has 0 fully saturated rings. The van der Waals surface area contributed by atoms with E-state index in [0.29, 0.717) is 24.4 Å².